The zero-order valence-corrected chi connectivity index (χ0v) is 32.2. The summed E-state index contributed by atoms with van der Waals surface area (Å²) in [6.07, 6.45) is 0. The summed E-state index contributed by atoms with van der Waals surface area (Å²) >= 11 is 0. The van der Waals surface area contributed by atoms with E-state index in [1.165, 1.54) is 21.9 Å². The summed E-state index contributed by atoms with van der Waals surface area (Å²) in [5.41, 5.74) is 13.0. The monoisotopic (exact) mass is 769 g/mol. The maximum absolute atomic E-state index is 8.52. The Kier molecular flexibility index (Phi) is 6.71. The lowest BCUT2D eigenvalue weighted by atomic mass is 10.0. The molecule has 12 aromatic rings. The fourth-order valence-electron chi connectivity index (χ4n) is 8.81. The molecule has 0 atom stereocenters. The van der Waals surface area contributed by atoms with Crippen LogP contribution in [0.5, 0.6) is 0 Å². The van der Waals surface area contributed by atoms with Crippen molar-refractivity contribution in [2.24, 2.45) is 0 Å². The van der Waals surface area contributed by atoms with Gasteiger partial charge in [0.15, 0.2) is 0 Å². The predicted molar refractivity (Wildman–Crippen MR) is 250 cm³/mol. The van der Waals surface area contributed by atoms with E-state index in [0.717, 1.165) is 71.8 Å². The van der Waals surface area contributed by atoms with Gasteiger partial charge in [0.1, 0.15) is 0 Å². The summed E-state index contributed by atoms with van der Waals surface area (Å²) in [6.45, 7) is 0. The summed E-state index contributed by atoms with van der Waals surface area (Å²) in [4.78, 5) is 10.4. The highest BCUT2D eigenvalue weighted by molar-refractivity contribution is 6.12. The molecule has 3 aromatic heterocycles. The van der Waals surface area contributed by atoms with Gasteiger partial charge in [-0.25, -0.2) is 9.97 Å². The van der Waals surface area contributed by atoms with Crippen LogP contribution in [0.3, 0.4) is 0 Å². The normalized spacial score (nSPS) is 12.8. The van der Waals surface area contributed by atoms with Crippen LogP contribution in [0.1, 0.15) is 6.85 Å². The highest BCUT2D eigenvalue weighted by atomic mass is 15.2. The largest absolute Gasteiger partial charge is 0.309 e. The lowest BCUT2D eigenvalue weighted by Crippen LogP contribution is -2.03. The third kappa shape index (κ3) is 5.53. The Labute approximate surface area is 353 Å². The van der Waals surface area contributed by atoms with Crippen LogP contribution < -0.4 is 0 Å². The first-order chi connectivity index (χ1) is 31.8. The van der Waals surface area contributed by atoms with E-state index in [1.54, 1.807) is 12.1 Å². The van der Waals surface area contributed by atoms with Crippen molar-refractivity contribution in [2.45, 2.75) is 0 Å². The van der Waals surface area contributed by atoms with Crippen molar-refractivity contribution in [3.63, 3.8) is 0 Å². The van der Waals surface area contributed by atoms with E-state index in [1.807, 2.05) is 48.5 Å². The van der Waals surface area contributed by atoms with E-state index in [4.69, 9.17) is 16.8 Å². The van der Waals surface area contributed by atoms with Crippen LogP contribution in [0, 0.1) is 0 Å². The average molecular weight is 770 g/mol. The Morgan fingerprint density at radius 1 is 0.333 bits per heavy atom. The molecule has 4 nitrogen and oxygen atoms in total. The molecule has 0 saturated carbocycles. The minimum absolute atomic E-state index is 0.164. The van der Waals surface area contributed by atoms with Gasteiger partial charge in [-0.15, -0.1) is 0 Å². The zero-order valence-electron chi connectivity index (χ0n) is 37.2. The van der Waals surface area contributed by atoms with Gasteiger partial charge >= 0.3 is 0 Å². The molecule has 0 spiro atoms. The Morgan fingerprint density at radius 3 is 1.50 bits per heavy atom. The van der Waals surface area contributed by atoms with E-state index < -0.39 is 6.04 Å². The first-order valence-electron chi connectivity index (χ1n) is 22.5. The molecule has 280 valence electrons. The van der Waals surface area contributed by atoms with Gasteiger partial charge in [-0.05, 0) is 88.0 Å². The molecule has 0 amide bonds. The highest BCUT2D eigenvalue weighted by Gasteiger charge is 2.19. The molecule has 0 saturated heterocycles. The molecule has 0 unspecified atom stereocenters. The maximum atomic E-state index is 8.52. The van der Waals surface area contributed by atoms with E-state index in [9.17, 15) is 0 Å². The number of hydrogen-bond acceptors (Lipinski definition) is 2. The van der Waals surface area contributed by atoms with Crippen molar-refractivity contribution in [3.05, 3.63) is 218 Å². The molecule has 0 bridgehead atoms. The van der Waals surface area contributed by atoms with Gasteiger partial charge < -0.3 is 4.57 Å². The second-order valence-electron chi connectivity index (χ2n) is 15.0. The van der Waals surface area contributed by atoms with Gasteiger partial charge in [-0.3, -0.25) is 4.57 Å². The van der Waals surface area contributed by atoms with Gasteiger partial charge in [0.25, 0.3) is 0 Å². The molecule has 3 heterocycles. The van der Waals surface area contributed by atoms with Crippen LogP contribution in [0.2, 0.25) is 0 Å². The fourth-order valence-corrected chi connectivity index (χ4v) is 8.81. The number of benzene rings is 9. The molecule has 0 N–H and O–H groups in total. The van der Waals surface area contributed by atoms with Crippen LogP contribution in [0.25, 0.3) is 111 Å². The molecular formula is C56H36N4. The quantitative estimate of drug-likeness (QED) is 0.169. The smallest absolute Gasteiger partial charge is 0.235 e. The Balaban J connectivity index is 0.967. The second kappa shape index (κ2) is 13.8. The Bertz CT molecular complexity index is 3850. The van der Waals surface area contributed by atoms with Crippen molar-refractivity contribution in [1.29, 1.82) is 0 Å². The van der Waals surface area contributed by atoms with Crippen molar-refractivity contribution >= 4 is 54.5 Å². The standard InChI is InChI=1S/C56H36N4/c1-3-13-37(14-4-1)39-23-25-41(26-24-39)55-47-19-7-10-20-50(47)57-56(58-55)60-52-22-12-9-18-46(52)49-36-43(30-34-54(49)60)42-29-33-53-48(35-42)45-17-8-11-21-51(45)59(53)44-31-27-40(28-32-44)38-15-5-2-6-16-38/h1-36H/i1D,3D,4D,13D,14D. The van der Waals surface area contributed by atoms with Crippen molar-refractivity contribution < 1.29 is 6.85 Å². The van der Waals surface area contributed by atoms with Crippen LogP contribution in [0.4, 0.5) is 0 Å². The topological polar surface area (TPSA) is 35.6 Å². The molecule has 0 aliphatic heterocycles. The van der Waals surface area contributed by atoms with Gasteiger partial charge in [0.05, 0.1) is 40.1 Å². The third-order valence-corrected chi connectivity index (χ3v) is 11.6. The lowest BCUT2D eigenvalue weighted by molar-refractivity contribution is 1.01. The van der Waals surface area contributed by atoms with Crippen LogP contribution in [-0.4, -0.2) is 19.1 Å². The predicted octanol–water partition coefficient (Wildman–Crippen LogP) is 14.5. The number of nitrogens with zero attached hydrogens (tertiary/aromatic N) is 4. The molecule has 0 aliphatic carbocycles. The first kappa shape index (κ1) is 29.2. The van der Waals surface area contributed by atoms with Crippen molar-refractivity contribution in [2.75, 3.05) is 0 Å². The molecule has 0 radical (unpaired) electrons. The summed E-state index contributed by atoms with van der Waals surface area (Å²) in [5, 5.41) is 5.42. The highest BCUT2D eigenvalue weighted by Crippen LogP contribution is 2.39. The van der Waals surface area contributed by atoms with E-state index >= 15 is 0 Å². The second-order valence-corrected chi connectivity index (χ2v) is 15.0. The number of hydrogen-bond donors (Lipinski definition) is 0. The van der Waals surface area contributed by atoms with Crippen molar-refractivity contribution in [1.82, 2.24) is 19.1 Å². The summed E-state index contributed by atoms with van der Waals surface area (Å²) in [7, 11) is 0. The molecule has 0 aliphatic rings. The third-order valence-electron chi connectivity index (χ3n) is 11.6. The summed E-state index contributed by atoms with van der Waals surface area (Å²) in [6, 6.07) is 63.4. The average Bonchev–Trinajstić information content (AvgIpc) is 3.87. The molecule has 4 heteroatoms. The summed E-state index contributed by atoms with van der Waals surface area (Å²) in [5.74, 6) is 0.526. The SMILES string of the molecule is [2H]c1c([2H])c([2H])c(-c2ccc(-c3nc(-n4c5ccccc5c5cc(-c6ccc7c(c6)c6ccccc6n7-c6ccc(-c7ccccc7)cc6)ccc54)nc4ccccc34)cc2)c([2H])c1[2H]. The van der Waals surface area contributed by atoms with Crippen molar-refractivity contribution in [3.8, 4) is 56.3 Å². The van der Waals surface area contributed by atoms with E-state index in [2.05, 4.69) is 137 Å². The number of rotatable bonds is 6. The zero-order chi connectivity index (χ0) is 43.9. The summed E-state index contributed by atoms with van der Waals surface area (Å²) < 4.78 is 46.0. The first-order valence-corrected chi connectivity index (χ1v) is 20.0. The number of para-hydroxylation sites is 3. The maximum Gasteiger partial charge on any atom is 0.235 e. The van der Waals surface area contributed by atoms with Gasteiger partial charge in [0.2, 0.25) is 5.95 Å². The van der Waals surface area contributed by atoms with Gasteiger partial charge in [-0.2, -0.15) is 0 Å². The lowest BCUT2D eigenvalue weighted by Gasteiger charge is -2.12. The minimum atomic E-state index is -0.412. The number of fused-ring (bicyclic) bond motifs is 7. The van der Waals surface area contributed by atoms with Crippen LogP contribution in [0.15, 0.2) is 218 Å². The molecule has 9 aromatic carbocycles. The van der Waals surface area contributed by atoms with Gasteiger partial charge in [0, 0.05) is 38.2 Å². The van der Waals surface area contributed by atoms with E-state index in [-0.39, 0.29) is 29.7 Å². The Morgan fingerprint density at radius 2 is 0.817 bits per heavy atom. The molecule has 0 fully saturated rings. The minimum Gasteiger partial charge on any atom is -0.309 e. The molecule has 60 heavy (non-hydrogen) atoms. The number of aromatic nitrogens is 4. The van der Waals surface area contributed by atoms with Gasteiger partial charge in [-0.1, -0.05) is 164 Å². The molecular weight excluding hydrogens is 729 g/mol. The molecule has 12 rings (SSSR count). The fraction of sp³-hybridized carbons (Fsp3) is 0. The Hall–Kier alpha value is -8.08. The van der Waals surface area contributed by atoms with Crippen LogP contribution in [-0.2, 0) is 0 Å². The van der Waals surface area contributed by atoms with Crippen LogP contribution >= 0.6 is 0 Å². The van der Waals surface area contributed by atoms with E-state index in [0.29, 0.717) is 11.5 Å².